The molecule has 0 aromatic heterocycles. The van der Waals surface area contributed by atoms with Gasteiger partial charge in [-0.25, -0.2) is 0 Å². The van der Waals surface area contributed by atoms with Crippen molar-refractivity contribution in [2.24, 2.45) is 0 Å². The first-order valence-corrected chi connectivity index (χ1v) is 8.60. The summed E-state index contributed by atoms with van der Waals surface area (Å²) in [5, 5.41) is 2.74. The molecule has 0 radical (unpaired) electrons. The Labute approximate surface area is 141 Å². The van der Waals surface area contributed by atoms with Crippen LogP contribution >= 0.6 is 11.8 Å². The fourth-order valence-corrected chi connectivity index (χ4v) is 3.06. The number of aryl methyl sites for hydroxylation is 1. The number of nitrogens with one attached hydrogen (secondary N) is 1. The minimum absolute atomic E-state index is 0.0185. The van der Waals surface area contributed by atoms with Crippen molar-refractivity contribution in [3.63, 3.8) is 0 Å². The smallest absolute Gasteiger partial charge is 0.237 e. The number of benzene rings is 2. The largest absolute Gasteiger partial charge is 0.325 e. The number of amides is 1. The average molecular weight is 327 g/mol. The summed E-state index contributed by atoms with van der Waals surface area (Å²) in [4.78, 5) is 23.5. The van der Waals surface area contributed by atoms with Gasteiger partial charge in [0, 0.05) is 17.0 Å². The Bertz CT molecular complexity index is 695. The van der Waals surface area contributed by atoms with E-state index >= 15 is 0 Å². The van der Waals surface area contributed by atoms with Gasteiger partial charge in [0.2, 0.25) is 5.91 Å². The molecule has 0 heterocycles. The van der Waals surface area contributed by atoms with E-state index in [2.05, 4.69) is 24.4 Å². The average Bonchev–Trinajstić information content (AvgIpc) is 2.54. The van der Waals surface area contributed by atoms with Crippen LogP contribution in [0.25, 0.3) is 0 Å². The highest BCUT2D eigenvalue weighted by Gasteiger charge is 2.14. The van der Waals surface area contributed by atoms with Gasteiger partial charge in [-0.3, -0.25) is 9.59 Å². The third-order valence-electron chi connectivity index (χ3n) is 3.68. The van der Waals surface area contributed by atoms with Gasteiger partial charge >= 0.3 is 0 Å². The summed E-state index contributed by atoms with van der Waals surface area (Å²) < 4.78 is 0. The van der Waals surface area contributed by atoms with Gasteiger partial charge in [-0.2, -0.15) is 0 Å². The number of hydrogen-bond donors (Lipinski definition) is 1. The molecule has 0 bridgehead atoms. The Morgan fingerprint density at radius 1 is 1.09 bits per heavy atom. The van der Waals surface area contributed by atoms with E-state index in [1.807, 2.05) is 19.1 Å². The lowest BCUT2D eigenvalue weighted by Gasteiger charge is -2.13. The monoisotopic (exact) mass is 327 g/mol. The maximum Gasteiger partial charge on any atom is 0.237 e. The van der Waals surface area contributed by atoms with Crippen LogP contribution in [-0.2, 0) is 10.5 Å². The molecule has 1 amide bonds. The topological polar surface area (TPSA) is 46.2 Å². The Hall–Kier alpha value is -2.07. The van der Waals surface area contributed by atoms with Gasteiger partial charge in [-0.1, -0.05) is 24.3 Å². The maximum atomic E-state index is 12.2. The van der Waals surface area contributed by atoms with Crippen LogP contribution in [0.1, 0.15) is 35.3 Å². The number of carbonyl (C=O) groups is 2. The van der Waals surface area contributed by atoms with Gasteiger partial charge in [-0.05, 0) is 56.2 Å². The van der Waals surface area contributed by atoms with E-state index in [4.69, 9.17) is 0 Å². The Kier molecular flexibility index (Phi) is 5.99. The molecule has 2 aromatic carbocycles. The highest BCUT2D eigenvalue weighted by Crippen LogP contribution is 2.21. The third kappa shape index (κ3) is 4.96. The molecule has 0 aliphatic heterocycles. The van der Waals surface area contributed by atoms with Gasteiger partial charge in [0.05, 0.1) is 5.25 Å². The quantitative estimate of drug-likeness (QED) is 0.797. The lowest BCUT2D eigenvalue weighted by Crippen LogP contribution is -2.22. The zero-order valence-corrected chi connectivity index (χ0v) is 14.4. The Balaban J connectivity index is 1.89. The molecule has 23 heavy (non-hydrogen) atoms. The van der Waals surface area contributed by atoms with Crippen molar-refractivity contribution in [3.8, 4) is 0 Å². The molecule has 3 nitrogen and oxygen atoms in total. The van der Waals surface area contributed by atoms with Crippen molar-refractivity contribution in [3.05, 3.63) is 65.2 Å². The van der Waals surface area contributed by atoms with Gasteiger partial charge in [0.15, 0.2) is 5.78 Å². The van der Waals surface area contributed by atoms with Crippen molar-refractivity contribution in [2.75, 3.05) is 5.32 Å². The normalized spacial score (nSPS) is 11.8. The summed E-state index contributed by atoms with van der Waals surface area (Å²) in [5.74, 6) is 0.800. The number of thioether (sulfide) groups is 1. The van der Waals surface area contributed by atoms with E-state index in [-0.39, 0.29) is 16.9 Å². The van der Waals surface area contributed by atoms with Crippen molar-refractivity contribution < 1.29 is 9.59 Å². The summed E-state index contributed by atoms with van der Waals surface area (Å²) >= 11 is 1.61. The van der Waals surface area contributed by atoms with Crippen molar-refractivity contribution >= 4 is 29.1 Å². The molecule has 0 unspecified atom stereocenters. The van der Waals surface area contributed by atoms with E-state index in [0.717, 1.165) is 5.75 Å². The summed E-state index contributed by atoms with van der Waals surface area (Å²) in [6.45, 7) is 5.51. The first-order chi connectivity index (χ1) is 11.0. The van der Waals surface area contributed by atoms with Gasteiger partial charge < -0.3 is 5.32 Å². The first-order valence-electron chi connectivity index (χ1n) is 7.55. The number of rotatable bonds is 6. The van der Waals surface area contributed by atoms with Crippen LogP contribution in [0, 0.1) is 6.92 Å². The second kappa shape index (κ2) is 7.97. The molecule has 2 rings (SSSR count). The molecule has 1 N–H and O–H groups in total. The van der Waals surface area contributed by atoms with E-state index in [1.165, 1.54) is 18.1 Å². The van der Waals surface area contributed by atoms with Crippen LogP contribution in [0.15, 0.2) is 48.5 Å². The Morgan fingerprint density at radius 3 is 2.35 bits per heavy atom. The zero-order valence-electron chi connectivity index (χ0n) is 13.6. The standard InChI is InChI=1S/C19H21NO2S/c1-13-6-4-5-7-17(13)12-23-15(3)19(22)20-18-10-8-16(9-11-18)14(2)21/h4-11,15H,12H2,1-3H3,(H,20,22)/t15-/m1/s1. The molecule has 4 heteroatoms. The number of carbonyl (C=O) groups excluding carboxylic acids is 2. The van der Waals surface area contributed by atoms with Crippen LogP contribution in [-0.4, -0.2) is 16.9 Å². The summed E-state index contributed by atoms with van der Waals surface area (Å²) in [7, 11) is 0. The molecule has 0 fully saturated rings. The lowest BCUT2D eigenvalue weighted by molar-refractivity contribution is -0.115. The number of hydrogen-bond acceptors (Lipinski definition) is 3. The summed E-state index contributed by atoms with van der Waals surface area (Å²) in [5.41, 5.74) is 3.85. The van der Waals surface area contributed by atoms with E-state index in [9.17, 15) is 9.59 Å². The molecule has 2 aromatic rings. The minimum Gasteiger partial charge on any atom is -0.325 e. The highest BCUT2D eigenvalue weighted by atomic mass is 32.2. The van der Waals surface area contributed by atoms with Gasteiger partial charge in [0.1, 0.15) is 0 Å². The highest BCUT2D eigenvalue weighted by molar-refractivity contribution is 7.99. The van der Waals surface area contributed by atoms with Crippen molar-refractivity contribution in [2.45, 2.75) is 31.8 Å². The maximum absolute atomic E-state index is 12.2. The molecule has 0 aliphatic rings. The number of ketones is 1. The van der Waals surface area contributed by atoms with Crippen LogP contribution in [0.5, 0.6) is 0 Å². The SMILES string of the molecule is CC(=O)c1ccc(NC(=O)[C@@H](C)SCc2ccccc2C)cc1. The molecule has 0 saturated carbocycles. The number of anilines is 1. The third-order valence-corrected chi connectivity index (χ3v) is 4.87. The predicted octanol–water partition coefficient (Wildman–Crippen LogP) is 4.46. The second-order valence-electron chi connectivity index (χ2n) is 5.50. The molecule has 0 aliphatic carbocycles. The molecular formula is C19H21NO2S. The van der Waals surface area contributed by atoms with Crippen LogP contribution in [0.2, 0.25) is 0 Å². The van der Waals surface area contributed by atoms with E-state index in [0.29, 0.717) is 11.3 Å². The molecule has 1 atom stereocenters. The van der Waals surface area contributed by atoms with E-state index < -0.39 is 0 Å². The predicted molar refractivity (Wildman–Crippen MR) is 97.0 cm³/mol. The minimum atomic E-state index is -0.151. The van der Waals surface area contributed by atoms with E-state index in [1.54, 1.807) is 36.0 Å². The summed E-state index contributed by atoms with van der Waals surface area (Å²) in [6.07, 6.45) is 0. The number of Topliss-reactive ketones (excluding diaryl/α,β-unsaturated/α-hetero) is 1. The van der Waals surface area contributed by atoms with Gasteiger partial charge in [-0.15, -0.1) is 11.8 Å². The van der Waals surface area contributed by atoms with Crippen LogP contribution in [0.3, 0.4) is 0 Å². The van der Waals surface area contributed by atoms with Gasteiger partial charge in [0.25, 0.3) is 0 Å². The second-order valence-corrected chi connectivity index (χ2v) is 6.83. The fraction of sp³-hybridized carbons (Fsp3) is 0.263. The van der Waals surface area contributed by atoms with Crippen LogP contribution in [0.4, 0.5) is 5.69 Å². The molecule has 0 spiro atoms. The Morgan fingerprint density at radius 2 is 1.74 bits per heavy atom. The molecule has 120 valence electrons. The summed E-state index contributed by atoms with van der Waals surface area (Å²) in [6, 6.07) is 15.2. The van der Waals surface area contributed by atoms with Crippen molar-refractivity contribution in [1.29, 1.82) is 0 Å². The zero-order chi connectivity index (χ0) is 16.8. The first kappa shape index (κ1) is 17.3. The lowest BCUT2D eigenvalue weighted by atomic mass is 10.1. The fourth-order valence-electron chi connectivity index (χ4n) is 2.09. The van der Waals surface area contributed by atoms with Crippen molar-refractivity contribution in [1.82, 2.24) is 0 Å². The molecular weight excluding hydrogens is 306 g/mol. The molecule has 0 saturated heterocycles. The van der Waals surface area contributed by atoms with Crippen LogP contribution < -0.4 is 5.32 Å².